The molecule has 1 aromatic rings. The van der Waals surface area contributed by atoms with E-state index in [1.54, 1.807) is 0 Å². The summed E-state index contributed by atoms with van der Waals surface area (Å²) in [5.41, 5.74) is 1.20. The lowest BCUT2D eigenvalue weighted by Gasteiger charge is -2.09. The molecule has 0 heterocycles. The molecule has 0 atom stereocenters. The lowest BCUT2D eigenvalue weighted by atomic mass is 10.2. The van der Waals surface area contributed by atoms with E-state index < -0.39 is 0 Å². The Labute approximate surface area is 98.6 Å². The third-order valence-electron chi connectivity index (χ3n) is 1.91. The van der Waals surface area contributed by atoms with Gasteiger partial charge in [-0.3, -0.25) is 0 Å². The van der Waals surface area contributed by atoms with Gasteiger partial charge < -0.3 is 15.2 Å². The molecule has 84 valence electrons. The van der Waals surface area contributed by atoms with Gasteiger partial charge in [0.25, 0.3) is 0 Å². The van der Waals surface area contributed by atoms with E-state index in [4.69, 9.17) is 9.84 Å². The van der Waals surface area contributed by atoms with Crippen molar-refractivity contribution in [1.82, 2.24) is 5.32 Å². The standard InChI is InChI=1S/C11H16BrNO2/c1-9-2-3-11(10(12)8-9)15-7-5-13-4-6-14/h2-3,8,13-14H,4-7H2,1H3. The van der Waals surface area contributed by atoms with E-state index in [2.05, 4.69) is 21.2 Å². The Balaban J connectivity index is 2.31. The van der Waals surface area contributed by atoms with E-state index in [-0.39, 0.29) is 6.61 Å². The van der Waals surface area contributed by atoms with Crippen LogP contribution in [-0.4, -0.2) is 31.4 Å². The van der Waals surface area contributed by atoms with Crippen LogP contribution in [0.3, 0.4) is 0 Å². The highest BCUT2D eigenvalue weighted by Crippen LogP contribution is 2.25. The fraction of sp³-hybridized carbons (Fsp3) is 0.455. The Hall–Kier alpha value is -0.580. The highest BCUT2D eigenvalue weighted by atomic mass is 79.9. The molecular formula is C11H16BrNO2. The molecule has 1 aromatic carbocycles. The largest absolute Gasteiger partial charge is 0.491 e. The highest BCUT2D eigenvalue weighted by molar-refractivity contribution is 9.10. The number of rotatable bonds is 6. The molecule has 15 heavy (non-hydrogen) atoms. The van der Waals surface area contributed by atoms with Gasteiger partial charge >= 0.3 is 0 Å². The fourth-order valence-corrected chi connectivity index (χ4v) is 1.77. The van der Waals surface area contributed by atoms with Crippen LogP contribution in [0, 0.1) is 6.92 Å². The molecule has 4 heteroatoms. The van der Waals surface area contributed by atoms with Gasteiger partial charge in [-0.05, 0) is 40.5 Å². The Kier molecular flexibility index (Phi) is 5.68. The van der Waals surface area contributed by atoms with Crippen molar-refractivity contribution in [3.8, 4) is 5.75 Å². The van der Waals surface area contributed by atoms with Crippen LogP contribution in [0.5, 0.6) is 5.75 Å². The van der Waals surface area contributed by atoms with E-state index >= 15 is 0 Å². The minimum atomic E-state index is 0.161. The number of nitrogens with one attached hydrogen (secondary N) is 1. The van der Waals surface area contributed by atoms with Crippen molar-refractivity contribution < 1.29 is 9.84 Å². The van der Waals surface area contributed by atoms with Crippen LogP contribution in [0.2, 0.25) is 0 Å². The molecule has 0 aliphatic rings. The number of aliphatic hydroxyl groups is 1. The summed E-state index contributed by atoms with van der Waals surface area (Å²) < 4.78 is 6.52. The van der Waals surface area contributed by atoms with Gasteiger partial charge in [-0.1, -0.05) is 6.07 Å². The predicted octanol–water partition coefficient (Wildman–Crippen LogP) is 1.72. The molecule has 0 saturated carbocycles. The number of ether oxygens (including phenoxy) is 1. The Morgan fingerprint density at radius 1 is 1.40 bits per heavy atom. The van der Waals surface area contributed by atoms with Gasteiger partial charge in [-0.25, -0.2) is 0 Å². The van der Waals surface area contributed by atoms with Gasteiger partial charge in [0.05, 0.1) is 11.1 Å². The maximum absolute atomic E-state index is 8.55. The van der Waals surface area contributed by atoms with Crippen molar-refractivity contribution in [1.29, 1.82) is 0 Å². The number of halogens is 1. The molecule has 0 bridgehead atoms. The first kappa shape index (κ1) is 12.5. The number of aryl methyl sites for hydroxylation is 1. The average Bonchev–Trinajstić information content (AvgIpc) is 2.20. The van der Waals surface area contributed by atoms with Gasteiger partial charge in [-0.15, -0.1) is 0 Å². The maximum Gasteiger partial charge on any atom is 0.133 e. The molecule has 0 aliphatic carbocycles. The molecule has 0 aliphatic heterocycles. The zero-order valence-corrected chi connectivity index (χ0v) is 10.4. The van der Waals surface area contributed by atoms with Gasteiger partial charge in [-0.2, -0.15) is 0 Å². The van der Waals surface area contributed by atoms with Gasteiger partial charge in [0.2, 0.25) is 0 Å². The average molecular weight is 274 g/mol. The van der Waals surface area contributed by atoms with Crippen LogP contribution in [0.4, 0.5) is 0 Å². The van der Waals surface area contributed by atoms with Crippen LogP contribution in [0.15, 0.2) is 22.7 Å². The smallest absolute Gasteiger partial charge is 0.133 e. The van der Waals surface area contributed by atoms with Gasteiger partial charge in [0.1, 0.15) is 12.4 Å². The van der Waals surface area contributed by atoms with Crippen molar-refractivity contribution in [2.24, 2.45) is 0 Å². The minimum absolute atomic E-state index is 0.161. The van der Waals surface area contributed by atoms with Gasteiger partial charge in [0, 0.05) is 13.1 Å². The zero-order valence-electron chi connectivity index (χ0n) is 8.79. The van der Waals surface area contributed by atoms with Crippen molar-refractivity contribution in [3.63, 3.8) is 0 Å². The maximum atomic E-state index is 8.55. The zero-order chi connectivity index (χ0) is 11.1. The fourth-order valence-electron chi connectivity index (χ4n) is 1.16. The van der Waals surface area contributed by atoms with Crippen molar-refractivity contribution in [2.75, 3.05) is 26.3 Å². The van der Waals surface area contributed by atoms with Crippen LogP contribution >= 0.6 is 15.9 Å². The summed E-state index contributed by atoms with van der Waals surface area (Å²) in [6.07, 6.45) is 0. The molecule has 0 amide bonds. The van der Waals surface area contributed by atoms with Crippen LogP contribution in [-0.2, 0) is 0 Å². The summed E-state index contributed by atoms with van der Waals surface area (Å²) in [4.78, 5) is 0. The topological polar surface area (TPSA) is 41.5 Å². The van der Waals surface area contributed by atoms with Crippen LogP contribution in [0.25, 0.3) is 0 Å². The highest BCUT2D eigenvalue weighted by Gasteiger charge is 1.99. The number of benzene rings is 1. The molecule has 0 radical (unpaired) electrons. The summed E-state index contributed by atoms with van der Waals surface area (Å²) in [6, 6.07) is 5.99. The molecule has 0 unspecified atom stereocenters. The van der Waals surface area contributed by atoms with Crippen LogP contribution < -0.4 is 10.1 Å². The third-order valence-corrected chi connectivity index (χ3v) is 2.53. The third kappa shape index (κ3) is 4.64. The first-order valence-corrected chi connectivity index (χ1v) is 5.74. The second-order valence-corrected chi connectivity index (χ2v) is 4.11. The SMILES string of the molecule is Cc1ccc(OCCNCCO)c(Br)c1. The lowest BCUT2D eigenvalue weighted by molar-refractivity contribution is 0.275. The first-order valence-electron chi connectivity index (χ1n) is 4.94. The quantitative estimate of drug-likeness (QED) is 0.776. The van der Waals surface area contributed by atoms with E-state index in [9.17, 15) is 0 Å². The monoisotopic (exact) mass is 273 g/mol. The Morgan fingerprint density at radius 2 is 2.20 bits per heavy atom. The normalized spacial score (nSPS) is 10.3. The number of hydrogen-bond acceptors (Lipinski definition) is 3. The molecule has 1 rings (SSSR count). The summed E-state index contributed by atoms with van der Waals surface area (Å²) in [5, 5.41) is 11.6. The molecule has 0 aromatic heterocycles. The van der Waals surface area contributed by atoms with Crippen molar-refractivity contribution in [3.05, 3.63) is 28.2 Å². The molecule has 0 fully saturated rings. The molecule has 0 saturated heterocycles. The van der Waals surface area contributed by atoms with Crippen molar-refractivity contribution >= 4 is 15.9 Å². The first-order chi connectivity index (χ1) is 7.24. The lowest BCUT2D eigenvalue weighted by Crippen LogP contribution is -2.24. The minimum Gasteiger partial charge on any atom is -0.491 e. The Bertz CT molecular complexity index is 305. The summed E-state index contributed by atoms with van der Waals surface area (Å²) >= 11 is 3.44. The number of aliphatic hydroxyl groups excluding tert-OH is 1. The predicted molar refractivity (Wildman–Crippen MR) is 64.3 cm³/mol. The van der Waals surface area contributed by atoms with E-state index in [1.807, 2.05) is 25.1 Å². The van der Waals surface area contributed by atoms with Crippen LogP contribution in [0.1, 0.15) is 5.56 Å². The summed E-state index contributed by atoms with van der Waals surface area (Å²) in [7, 11) is 0. The van der Waals surface area contributed by atoms with E-state index in [1.165, 1.54) is 5.56 Å². The summed E-state index contributed by atoms with van der Waals surface area (Å²) in [5.74, 6) is 0.853. The van der Waals surface area contributed by atoms with Gasteiger partial charge in [0.15, 0.2) is 0 Å². The molecule has 0 spiro atoms. The van der Waals surface area contributed by atoms with Crippen molar-refractivity contribution in [2.45, 2.75) is 6.92 Å². The molecule has 3 nitrogen and oxygen atoms in total. The Morgan fingerprint density at radius 3 is 2.87 bits per heavy atom. The second-order valence-electron chi connectivity index (χ2n) is 3.26. The molecule has 2 N–H and O–H groups in total. The summed E-state index contributed by atoms with van der Waals surface area (Å²) in [6.45, 7) is 4.15. The van der Waals surface area contributed by atoms with E-state index in [0.717, 1.165) is 16.8 Å². The van der Waals surface area contributed by atoms with E-state index in [0.29, 0.717) is 13.2 Å². The second kappa shape index (κ2) is 6.82. The number of hydrogen-bond donors (Lipinski definition) is 2. The molecular weight excluding hydrogens is 258 g/mol.